The molecule has 0 aromatic rings. The van der Waals surface area contributed by atoms with Crippen LogP contribution >= 0.6 is 7.82 Å². The first-order valence-electron chi connectivity index (χ1n) is 21.0. The predicted molar refractivity (Wildman–Crippen MR) is 226 cm³/mol. The van der Waals surface area contributed by atoms with E-state index in [1.54, 1.807) is 0 Å². The molecule has 4 N–H and O–H groups in total. The third-order valence-corrected chi connectivity index (χ3v) is 9.42. The standard InChI is InChI=1S/C44H74NO10P/c1-3-5-7-9-11-13-15-17-19-20-22-24-26-28-30-32-34-36-43(48)53-37-40(46)38-54-56(51,52)55-39-41(44(49)50)45-42(47)35-33-31-29-27-25-23-21-18-16-14-12-10-8-6-4-2/h11-14,17-19,21-22,24,28,30,40-41,46H,3-10,15-16,20,23,25-27,29,31-39H2,1-2H3,(H,45,47)(H,49,50)(H,51,52)/b13-11-,14-12-,19-17-,21-18-,24-22-,30-28-. The third-order valence-electron chi connectivity index (χ3n) is 8.47. The molecular weight excluding hydrogens is 733 g/mol. The van der Waals surface area contributed by atoms with Gasteiger partial charge in [-0.15, -0.1) is 0 Å². The fourth-order valence-corrected chi connectivity index (χ4v) is 5.93. The van der Waals surface area contributed by atoms with Crippen LogP contribution in [0.25, 0.3) is 0 Å². The predicted octanol–water partition coefficient (Wildman–Crippen LogP) is 10.6. The SMILES string of the molecule is CCCCC/C=C\C/C=C\C/C=C\C/C=C\CCCC(=O)OCC(O)COP(=O)(O)OCC(NC(=O)CCCCCCC/C=C\C/C=C\CCCCC)C(=O)O. The largest absolute Gasteiger partial charge is 0.480 e. The van der Waals surface area contributed by atoms with Gasteiger partial charge >= 0.3 is 19.8 Å². The smallest absolute Gasteiger partial charge is 0.472 e. The van der Waals surface area contributed by atoms with Gasteiger partial charge in [0.1, 0.15) is 12.7 Å². The lowest BCUT2D eigenvalue weighted by molar-refractivity contribution is -0.147. The number of ether oxygens (including phenoxy) is 1. The van der Waals surface area contributed by atoms with E-state index in [9.17, 15) is 34.1 Å². The number of unbranched alkanes of at least 4 members (excludes halogenated alkanes) is 12. The van der Waals surface area contributed by atoms with E-state index < -0.39 is 57.6 Å². The average molecular weight is 808 g/mol. The Hall–Kier alpha value is -3.08. The topological polar surface area (TPSA) is 169 Å². The molecule has 3 atom stereocenters. The summed E-state index contributed by atoms with van der Waals surface area (Å²) < 4.78 is 26.7. The van der Waals surface area contributed by atoms with Gasteiger partial charge in [0.2, 0.25) is 5.91 Å². The molecule has 0 aliphatic carbocycles. The highest BCUT2D eigenvalue weighted by atomic mass is 31.2. The van der Waals surface area contributed by atoms with Crippen molar-refractivity contribution in [3.05, 3.63) is 72.9 Å². The molecule has 0 bridgehead atoms. The Bertz CT molecular complexity index is 1230. The summed E-state index contributed by atoms with van der Waals surface area (Å²) >= 11 is 0. The van der Waals surface area contributed by atoms with Crippen LogP contribution in [0.2, 0.25) is 0 Å². The summed E-state index contributed by atoms with van der Waals surface area (Å²) in [7, 11) is -4.77. The molecule has 56 heavy (non-hydrogen) atoms. The van der Waals surface area contributed by atoms with Crippen LogP contribution in [0.15, 0.2) is 72.9 Å². The van der Waals surface area contributed by atoms with Gasteiger partial charge in [-0.3, -0.25) is 18.6 Å². The minimum absolute atomic E-state index is 0.122. The number of carboxylic acid groups (broad SMARTS) is 1. The van der Waals surface area contributed by atoms with Crippen molar-refractivity contribution in [2.45, 2.75) is 167 Å². The van der Waals surface area contributed by atoms with Gasteiger partial charge < -0.3 is 25.2 Å². The zero-order valence-corrected chi connectivity index (χ0v) is 35.3. The van der Waals surface area contributed by atoms with Crippen molar-refractivity contribution in [1.82, 2.24) is 5.32 Å². The van der Waals surface area contributed by atoms with Gasteiger partial charge in [-0.2, -0.15) is 0 Å². The first kappa shape index (κ1) is 52.9. The quantitative estimate of drug-likeness (QED) is 0.0204. The summed E-state index contributed by atoms with van der Waals surface area (Å²) in [5.41, 5.74) is 0. The maximum atomic E-state index is 12.3. The number of aliphatic hydroxyl groups excluding tert-OH is 1. The van der Waals surface area contributed by atoms with Crippen LogP contribution in [-0.4, -0.2) is 64.9 Å². The molecule has 0 aromatic carbocycles. The number of hydrogen-bond acceptors (Lipinski definition) is 8. The average Bonchev–Trinajstić information content (AvgIpc) is 3.17. The van der Waals surface area contributed by atoms with E-state index in [4.69, 9.17) is 13.8 Å². The molecule has 0 heterocycles. The van der Waals surface area contributed by atoms with E-state index in [2.05, 4.69) is 79.9 Å². The second-order valence-corrected chi connectivity index (χ2v) is 15.3. The van der Waals surface area contributed by atoms with Crippen molar-refractivity contribution in [3.63, 3.8) is 0 Å². The van der Waals surface area contributed by atoms with Gasteiger partial charge in [-0.05, 0) is 83.5 Å². The van der Waals surface area contributed by atoms with Crippen LogP contribution in [0, 0.1) is 0 Å². The Morgan fingerprint density at radius 2 is 1.00 bits per heavy atom. The lowest BCUT2D eigenvalue weighted by atomic mass is 10.1. The fourth-order valence-electron chi connectivity index (χ4n) is 5.16. The number of esters is 1. The Morgan fingerprint density at radius 1 is 0.571 bits per heavy atom. The van der Waals surface area contributed by atoms with Gasteiger partial charge in [-0.1, -0.05) is 132 Å². The molecule has 1 amide bonds. The number of aliphatic hydroxyl groups is 1. The molecule has 12 heteroatoms. The van der Waals surface area contributed by atoms with E-state index in [1.165, 1.54) is 38.5 Å². The molecule has 0 saturated heterocycles. The molecule has 0 aliphatic heterocycles. The van der Waals surface area contributed by atoms with E-state index in [0.717, 1.165) is 70.6 Å². The summed E-state index contributed by atoms with van der Waals surface area (Å²) in [5, 5.41) is 21.8. The van der Waals surface area contributed by atoms with Crippen molar-refractivity contribution in [1.29, 1.82) is 0 Å². The number of rotatable bonds is 38. The number of carboxylic acids is 1. The number of allylic oxidation sites excluding steroid dienone is 12. The fraction of sp³-hybridized carbons (Fsp3) is 0.659. The molecule has 0 aliphatic rings. The summed E-state index contributed by atoms with van der Waals surface area (Å²) in [5.74, 6) is -2.46. The molecule has 3 unspecified atom stereocenters. The molecule has 320 valence electrons. The third kappa shape index (κ3) is 37.8. The molecule has 11 nitrogen and oxygen atoms in total. The Morgan fingerprint density at radius 3 is 1.50 bits per heavy atom. The minimum Gasteiger partial charge on any atom is -0.480 e. The van der Waals surface area contributed by atoms with Crippen LogP contribution in [0.1, 0.15) is 155 Å². The van der Waals surface area contributed by atoms with Gasteiger partial charge in [-0.25, -0.2) is 9.36 Å². The molecule has 0 radical (unpaired) electrons. The summed E-state index contributed by atoms with van der Waals surface area (Å²) in [6, 6.07) is -1.56. The van der Waals surface area contributed by atoms with E-state index in [0.29, 0.717) is 19.3 Å². The summed E-state index contributed by atoms with van der Waals surface area (Å²) in [6.45, 7) is 2.45. The zero-order valence-electron chi connectivity index (χ0n) is 34.4. The minimum atomic E-state index is -4.77. The van der Waals surface area contributed by atoms with Crippen LogP contribution in [0.5, 0.6) is 0 Å². The van der Waals surface area contributed by atoms with E-state index in [-0.39, 0.29) is 12.8 Å². The maximum Gasteiger partial charge on any atom is 0.472 e. The summed E-state index contributed by atoms with van der Waals surface area (Å²) in [6.07, 6.45) is 45.0. The highest BCUT2D eigenvalue weighted by Gasteiger charge is 2.28. The van der Waals surface area contributed by atoms with Crippen molar-refractivity contribution < 1.29 is 47.8 Å². The van der Waals surface area contributed by atoms with E-state index >= 15 is 0 Å². The van der Waals surface area contributed by atoms with Gasteiger partial charge in [0.25, 0.3) is 0 Å². The monoisotopic (exact) mass is 808 g/mol. The second-order valence-electron chi connectivity index (χ2n) is 13.8. The lowest BCUT2D eigenvalue weighted by Crippen LogP contribution is -2.43. The zero-order chi connectivity index (χ0) is 41.4. The Balaban J connectivity index is 4.04. The second kappa shape index (κ2) is 38.8. The summed E-state index contributed by atoms with van der Waals surface area (Å²) in [4.78, 5) is 45.8. The van der Waals surface area contributed by atoms with Crippen LogP contribution < -0.4 is 5.32 Å². The number of phosphoric ester groups is 1. The molecule has 0 aromatic heterocycles. The van der Waals surface area contributed by atoms with Gasteiger partial charge in [0, 0.05) is 12.8 Å². The Labute approximate surface area is 338 Å². The first-order valence-corrected chi connectivity index (χ1v) is 22.5. The van der Waals surface area contributed by atoms with Crippen molar-refractivity contribution in [3.8, 4) is 0 Å². The van der Waals surface area contributed by atoms with Crippen molar-refractivity contribution in [2.75, 3.05) is 19.8 Å². The number of nitrogens with one attached hydrogen (secondary N) is 1. The lowest BCUT2D eigenvalue weighted by Gasteiger charge is -2.18. The molecule has 0 spiro atoms. The first-order chi connectivity index (χ1) is 27.1. The van der Waals surface area contributed by atoms with Gasteiger partial charge in [0.05, 0.1) is 13.2 Å². The number of carbonyl (C=O) groups is 3. The van der Waals surface area contributed by atoms with E-state index in [1.807, 2.05) is 12.2 Å². The molecule has 0 fully saturated rings. The number of hydrogen-bond donors (Lipinski definition) is 4. The Kier molecular flexibility index (Phi) is 36.6. The maximum absolute atomic E-state index is 12.3. The molecular formula is C44H74NO10P. The van der Waals surface area contributed by atoms with Crippen molar-refractivity contribution >= 4 is 25.7 Å². The molecule has 0 saturated carbocycles. The number of amides is 1. The van der Waals surface area contributed by atoms with Crippen LogP contribution in [0.3, 0.4) is 0 Å². The van der Waals surface area contributed by atoms with Crippen LogP contribution in [-0.2, 0) is 32.7 Å². The normalized spacial score (nSPS) is 14.5. The highest BCUT2D eigenvalue weighted by Crippen LogP contribution is 2.43. The van der Waals surface area contributed by atoms with Gasteiger partial charge in [0.15, 0.2) is 6.04 Å². The van der Waals surface area contributed by atoms with Crippen molar-refractivity contribution in [2.24, 2.45) is 0 Å². The highest BCUT2D eigenvalue weighted by molar-refractivity contribution is 7.47. The number of phosphoric acid groups is 1. The number of aliphatic carboxylic acids is 1. The molecule has 0 rings (SSSR count). The number of carbonyl (C=O) groups excluding carboxylic acids is 2. The van der Waals surface area contributed by atoms with Crippen LogP contribution in [0.4, 0.5) is 0 Å².